The Morgan fingerprint density at radius 3 is 2.67 bits per heavy atom. The number of hydrogen-bond donors (Lipinski definition) is 1. The van der Waals surface area contributed by atoms with Crippen LogP contribution in [0.1, 0.15) is 28.4 Å². The van der Waals surface area contributed by atoms with E-state index in [4.69, 9.17) is 16.1 Å². The summed E-state index contributed by atoms with van der Waals surface area (Å²) < 4.78 is 6.86. The van der Waals surface area contributed by atoms with Crippen LogP contribution >= 0.6 is 11.6 Å². The maximum Gasteiger partial charge on any atom is 0.316 e. The molecule has 0 bridgehead atoms. The Hall–Kier alpha value is -3.45. The van der Waals surface area contributed by atoms with Crippen molar-refractivity contribution in [1.29, 1.82) is 0 Å². The second kappa shape index (κ2) is 8.92. The highest BCUT2D eigenvalue weighted by molar-refractivity contribution is 6.30. The Morgan fingerprint density at radius 2 is 1.90 bits per heavy atom. The average molecular weight is 422 g/mol. The molecule has 0 aliphatic carbocycles. The fourth-order valence-corrected chi connectivity index (χ4v) is 3.17. The van der Waals surface area contributed by atoms with Crippen molar-refractivity contribution in [2.45, 2.75) is 19.8 Å². The summed E-state index contributed by atoms with van der Waals surface area (Å²) in [6.45, 7) is 2.38. The smallest absolute Gasteiger partial charge is 0.316 e. The minimum atomic E-state index is -0.385. The molecule has 0 saturated carbocycles. The number of nitrogens with zero attached hydrogens (tertiary/aromatic N) is 4. The molecule has 152 valence electrons. The molecule has 0 spiro atoms. The van der Waals surface area contributed by atoms with Crippen LogP contribution in [0.25, 0.3) is 17.1 Å². The molecule has 0 unspecified atom stereocenters. The largest absolute Gasteiger partial charge is 0.348 e. The third kappa shape index (κ3) is 4.58. The van der Waals surface area contributed by atoms with E-state index in [0.717, 1.165) is 24.2 Å². The van der Waals surface area contributed by atoms with Gasteiger partial charge in [-0.3, -0.25) is 4.79 Å². The first-order chi connectivity index (χ1) is 14.6. The minimum Gasteiger partial charge on any atom is -0.348 e. The monoisotopic (exact) mass is 421 g/mol. The quantitative estimate of drug-likeness (QED) is 0.451. The summed E-state index contributed by atoms with van der Waals surface area (Å²) >= 11 is 5.94. The van der Waals surface area contributed by atoms with Crippen LogP contribution < -0.4 is 5.32 Å². The molecule has 0 aliphatic rings. The molecule has 8 heteroatoms. The fourth-order valence-electron chi connectivity index (χ4n) is 3.05. The van der Waals surface area contributed by atoms with Crippen molar-refractivity contribution < 1.29 is 9.32 Å². The molecule has 1 N–H and O–H groups in total. The van der Waals surface area contributed by atoms with Crippen molar-refractivity contribution in [3.8, 4) is 17.1 Å². The van der Waals surface area contributed by atoms with E-state index < -0.39 is 0 Å². The molecule has 2 aromatic heterocycles. The van der Waals surface area contributed by atoms with Crippen LogP contribution in [-0.4, -0.2) is 32.4 Å². The highest BCUT2D eigenvalue weighted by Crippen LogP contribution is 2.22. The Kier molecular flexibility index (Phi) is 5.90. The van der Waals surface area contributed by atoms with Crippen LogP contribution in [-0.2, 0) is 6.42 Å². The first kappa shape index (κ1) is 19.8. The van der Waals surface area contributed by atoms with Gasteiger partial charge in [0.1, 0.15) is 0 Å². The molecule has 0 atom stereocenters. The minimum absolute atomic E-state index is 0.0663. The van der Waals surface area contributed by atoms with Gasteiger partial charge in [-0.2, -0.15) is 10.1 Å². The molecule has 30 heavy (non-hydrogen) atoms. The Bertz CT molecular complexity index is 1140. The second-order valence-corrected chi connectivity index (χ2v) is 7.25. The Morgan fingerprint density at radius 1 is 1.13 bits per heavy atom. The Labute approximate surface area is 178 Å². The van der Waals surface area contributed by atoms with E-state index in [1.807, 2.05) is 37.3 Å². The number of benzene rings is 2. The summed E-state index contributed by atoms with van der Waals surface area (Å²) in [5.74, 6) is -0.130. The standard InChI is InChI=1S/C22H20ClN5O2/c1-15-19(14-28(26-15)18-11-9-17(23)10-12-18)20-25-22(30-27-20)21(29)24-13-5-8-16-6-3-2-4-7-16/h2-4,6-7,9-12,14H,5,8,13H2,1H3,(H,24,29). The number of hydrogen-bond acceptors (Lipinski definition) is 5. The van der Waals surface area contributed by atoms with Crippen LogP contribution in [0.3, 0.4) is 0 Å². The van der Waals surface area contributed by atoms with Crippen molar-refractivity contribution >= 4 is 17.5 Å². The van der Waals surface area contributed by atoms with Gasteiger partial charge in [0.05, 0.1) is 16.9 Å². The van der Waals surface area contributed by atoms with E-state index in [1.54, 1.807) is 23.0 Å². The topological polar surface area (TPSA) is 85.8 Å². The van der Waals surface area contributed by atoms with Gasteiger partial charge < -0.3 is 9.84 Å². The number of aryl methyl sites for hydroxylation is 2. The molecule has 4 rings (SSSR count). The van der Waals surface area contributed by atoms with Gasteiger partial charge in [0.2, 0.25) is 5.82 Å². The number of halogens is 1. The van der Waals surface area contributed by atoms with Crippen LogP contribution in [0.5, 0.6) is 0 Å². The van der Waals surface area contributed by atoms with Crippen LogP contribution in [0.2, 0.25) is 5.02 Å². The van der Waals surface area contributed by atoms with Crippen molar-refractivity contribution in [2.75, 3.05) is 6.54 Å². The molecule has 2 heterocycles. The lowest BCUT2D eigenvalue weighted by Crippen LogP contribution is -2.25. The first-order valence-corrected chi connectivity index (χ1v) is 9.96. The highest BCUT2D eigenvalue weighted by atomic mass is 35.5. The van der Waals surface area contributed by atoms with E-state index in [0.29, 0.717) is 23.0 Å². The predicted molar refractivity (Wildman–Crippen MR) is 114 cm³/mol. The maximum atomic E-state index is 12.3. The van der Waals surface area contributed by atoms with Gasteiger partial charge >= 0.3 is 11.8 Å². The zero-order chi connectivity index (χ0) is 20.9. The van der Waals surface area contributed by atoms with Gasteiger partial charge in [-0.1, -0.05) is 47.1 Å². The molecule has 0 saturated heterocycles. The first-order valence-electron chi connectivity index (χ1n) is 9.58. The zero-order valence-corrected chi connectivity index (χ0v) is 17.1. The number of aromatic nitrogens is 4. The summed E-state index contributed by atoms with van der Waals surface area (Å²) in [7, 11) is 0. The molecule has 4 aromatic rings. The van der Waals surface area contributed by atoms with E-state index >= 15 is 0 Å². The van der Waals surface area contributed by atoms with Crippen molar-refractivity contribution in [2.24, 2.45) is 0 Å². The van der Waals surface area contributed by atoms with E-state index in [1.165, 1.54) is 5.56 Å². The lowest BCUT2D eigenvalue weighted by atomic mass is 10.1. The number of rotatable bonds is 7. The molecule has 0 aliphatic heterocycles. The average Bonchev–Trinajstić information content (AvgIpc) is 3.39. The molecular weight excluding hydrogens is 402 g/mol. The number of amides is 1. The van der Waals surface area contributed by atoms with E-state index in [2.05, 4.69) is 32.7 Å². The third-order valence-electron chi connectivity index (χ3n) is 4.62. The van der Waals surface area contributed by atoms with Gasteiger partial charge in [0.25, 0.3) is 0 Å². The summed E-state index contributed by atoms with van der Waals surface area (Å²) in [5, 5.41) is 11.9. The van der Waals surface area contributed by atoms with Crippen LogP contribution in [0, 0.1) is 6.92 Å². The predicted octanol–water partition coefficient (Wildman–Crippen LogP) is 4.25. The third-order valence-corrected chi connectivity index (χ3v) is 4.87. The Balaban J connectivity index is 1.38. The lowest BCUT2D eigenvalue weighted by Gasteiger charge is -2.02. The van der Waals surface area contributed by atoms with Gasteiger partial charge in [0.15, 0.2) is 0 Å². The summed E-state index contributed by atoms with van der Waals surface area (Å²) in [5.41, 5.74) is 3.51. The van der Waals surface area contributed by atoms with E-state index in [-0.39, 0.29) is 11.8 Å². The normalized spacial score (nSPS) is 10.9. The second-order valence-electron chi connectivity index (χ2n) is 6.82. The molecule has 1 amide bonds. The summed E-state index contributed by atoms with van der Waals surface area (Å²) in [6.07, 6.45) is 3.51. The summed E-state index contributed by atoms with van der Waals surface area (Å²) in [6, 6.07) is 17.4. The summed E-state index contributed by atoms with van der Waals surface area (Å²) in [4.78, 5) is 16.5. The maximum absolute atomic E-state index is 12.3. The lowest BCUT2D eigenvalue weighted by molar-refractivity contribution is 0.0909. The fraction of sp³-hybridized carbons (Fsp3) is 0.182. The van der Waals surface area contributed by atoms with Gasteiger partial charge in [0, 0.05) is 17.8 Å². The molecule has 2 aromatic carbocycles. The van der Waals surface area contributed by atoms with Gasteiger partial charge in [-0.25, -0.2) is 4.68 Å². The SMILES string of the molecule is Cc1nn(-c2ccc(Cl)cc2)cc1-c1noc(C(=O)NCCCc2ccccc2)n1. The molecule has 0 radical (unpaired) electrons. The molecular formula is C22H20ClN5O2. The number of carbonyl (C=O) groups is 1. The van der Waals surface area contributed by atoms with Crippen LogP contribution in [0.4, 0.5) is 0 Å². The van der Waals surface area contributed by atoms with Crippen molar-refractivity contribution in [3.05, 3.63) is 83.0 Å². The zero-order valence-electron chi connectivity index (χ0n) is 16.4. The van der Waals surface area contributed by atoms with Crippen molar-refractivity contribution in [1.82, 2.24) is 25.2 Å². The van der Waals surface area contributed by atoms with Crippen molar-refractivity contribution in [3.63, 3.8) is 0 Å². The molecule has 7 nitrogen and oxygen atoms in total. The van der Waals surface area contributed by atoms with Crippen LogP contribution in [0.15, 0.2) is 65.3 Å². The highest BCUT2D eigenvalue weighted by Gasteiger charge is 2.19. The molecule has 0 fully saturated rings. The number of carbonyl (C=O) groups excluding carboxylic acids is 1. The van der Waals surface area contributed by atoms with E-state index in [9.17, 15) is 4.79 Å². The van der Waals surface area contributed by atoms with Gasteiger partial charge in [-0.05, 0) is 49.6 Å². The van der Waals surface area contributed by atoms with Gasteiger partial charge in [-0.15, -0.1) is 0 Å². The number of nitrogens with one attached hydrogen (secondary N) is 1.